The number of ketones is 1. The van der Waals surface area contributed by atoms with Gasteiger partial charge in [-0.3, -0.25) is 4.79 Å². The number of aromatic nitrogens is 3. The number of H-pyrrole nitrogens is 1. The van der Waals surface area contributed by atoms with E-state index in [1.54, 1.807) is 12.1 Å². The first-order valence-corrected chi connectivity index (χ1v) is 8.89. The summed E-state index contributed by atoms with van der Waals surface area (Å²) >= 11 is 0. The Hall–Kier alpha value is -3.99. The van der Waals surface area contributed by atoms with Gasteiger partial charge in [0.05, 0.1) is 5.56 Å². The molecule has 0 saturated carbocycles. The number of hydrogen-bond donors (Lipinski definition) is 1. The highest BCUT2D eigenvalue weighted by Gasteiger charge is 2.25. The lowest BCUT2D eigenvalue weighted by Gasteiger charge is -2.07. The summed E-state index contributed by atoms with van der Waals surface area (Å²) in [4.78, 5) is 13.3. The second-order valence-electron chi connectivity index (χ2n) is 6.41. The minimum absolute atomic E-state index is 0.0953. The number of rotatable bonds is 4. The molecule has 5 rings (SSSR count). The van der Waals surface area contributed by atoms with Crippen LogP contribution in [0.5, 0.6) is 0 Å². The molecule has 0 unspecified atom stereocenters. The van der Waals surface area contributed by atoms with E-state index in [4.69, 9.17) is 4.42 Å². The summed E-state index contributed by atoms with van der Waals surface area (Å²) < 4.78 is 5.93. The number of nitrogens with one attached hydrogen (secondary N) is 1. The molecular formula is C23H15N3O2. The second kappa shape index (κ2) is 6.63. The summed E-state index contributed by atoms with van der Waals surface area (Å²) in [6.07, 6.45) is 1.53. The summed E-state index contributed by atoms with van der Waals surface area (Å²) in [5.74, 6) is 0.539. The summed E-state index contributed by atoms with van der Waals surface area (Å²) in [6.45, 7) is 0. The average Bonchev–Trinajstić information content (AvgIpc) is 3.41. The van der Waals surface area contributed by atoms with Crippen LogP contribution < -0.4 is 0 Å². The maximum atomic E-state index is 13.3. The molecule has 1 N–H and O–H groups in total. The van der Waals surface area contributed by atoms with Crippen LogP contribution in [0.15, 0.2) is 89.5 Å². The predicted molar refractivity (Wildman–Crippen MR) is 107 cm³/mol. The SMILES string of the molecule is O=C(c1ccccc1)c1coc(-c2ccccc2)c1-c1cccc2n[nH]nc12. The zero-order valence-corrected chi connectivity index (χ0v) is 14.8. The molecule has 0 aliphatic heterocycles. The Bertz CT molecular complexity index is 1270. The topological polar surface area (TPSA) is 71.8 Å². The fourth-order valence-corrected chi connectivity index (χ4v) is 3.41. The first-order valence-electron chi connectivity index (χ1n) is 8.89. The van der Waals surface area contributed by atoms with Crippen molar-refractivity contribution < 1.29 is 9.21 Å². The van der Waals surface area contributed by atoms with Gasteiger partial charge in [-0.05, 0) is 6.07 Å². The quantitative estimate of drug-likeness (QED) is 0.449. The van der Waals surface area contributed by atoms with Crippen LogP contribution in [-0.4, -0.2) is 21.2 Å². The number of furan rings is 1. The minimum Gasteiger partial charge on any atom is -0.463 e. The van der Waals surface area contributed by atoms with E-state index in [1.165, 1.54) is 6.26 Å². The normalized spacial score (nSPS) is 11.0. The van der Waals surface area contributed by atoms with E-state index in [0.717, 1.165) is 22.2 Å². The van der Waals surface area contributed by atoms with Crippen LogP contribution in [-0.2, 0) is 0 Å². The highest BCUT2D eigenvalue weighted by atomic mass is 16.3. The number of nitrogens with zero attached hydrogens (tertiary/aromatic N) is 2. The standard InChI is InChI=1S/C23H15N3O2/c27-22(15-8-3-1-4-9-15)18-14-28-23(16-10-5-2-6-11-16)20(18)17-12-7-13-19-21(17)25-26-24-19/h1-14H,(H,24,25,26). The van der Waals surface area contributed by atoms with Gasteiger partial charge < -0.3 is 4.42 Å². The molecule has 2 heterocycles. The van der Waals surface area contributed by atoms with Gasteiger partial charge in [0.15, 0.2) is 5.78 Å². The van der Waals surface area contributed by atoms with Crippen molar-refractivity contribution in [1.82, 2.24) is 15.4 Å². The van der Waals surface area contributed by atoms with E-state index >= 15 is 0 Å². The molecule has 0 bridgehead atoms. The van der Waals surface area contributed by atoms with Crippen molar-refractivity contribution in [3.63, 3.8) is 0 Å². The molecule has 0 fully saturated rings. The fraction of sp³-hybridized carbons (Fsp3) is 0. The summed E-state index contributed by atoms with van der Waals surface area (Å²) in [5.41, 5.74) is 4.96. The Morgan fingerprint density at radius 2 is 1.57 bits per heavy atom. The number of hydrogen-bond acceptors (Lipinski definition) is 4. The molecule has 0 spiro atoms. The van der Waals surface area contributed by atoms with Gasteiger partial charge in [-0.1, -0.05) is 72.8 Å². The predicted octanol–water partition coefficient (Wildman–Crippen LogP) is 5.12. The maximum absolute atomic E-state index is 13.3. The number of para-hydroxylation sites is 1. The van der Waals surface area contributed by atoms with E-state index in [9.17, 15) is 4.79 Å². The Labute approximate surface area is 160 Å². The van der Waals surface area contributed by atoms with Crippen molar-refractivity contribution >= 4 is 16.8 Å². The first-order chi connectivity index (χ1) is 13.8. The average molecular weight is 365 g/mol. The third kappa shape index (κ3) is 2.61. The monoisotopic (exact) mass is 365 g/mol. The van der Waals surface area contributed by atoms with Gasteiger partial charge in [0, 0.05) is 22.3 Å². The molecule has 5 aromatic rings. The van der Waals surface area contributed by atoms with Crippen LogP contribution in [0.3, 0.4) is 0 Å². The molecule has 3 aromatic carbocycles. The van der Waals surface area contributed by atoms with Gasteiger partial charge in [0.25, 0.3) is 0 Å². The van der Waals surface area contributed by atoms with E-state index in [1.807, 2.05) is 66.7 Å². The van der Waals surface area contributed by atoms with Gasteiger partial charge in [-0.25, -0.2) is 0 Å². The summed E-state index contributed by atoms with van der Waals surface area (Å²) in [6, 6.07) is 24.7. The largest absolute Gasteiger partial charge is 0.463 e. The third-order valence-electron chi connectivity index (χ3n) is 4.72. The van der Waals surface area contributed by atoms with Crippen molar-refractivity contribution in [2.45, 2.75) is 0 Å². The summed E-state index contributed by atoms with van der Waals surface area (Å²) in [5, 5.41) is 11.1. The molecule has 0 amide bonds. The van der Waals surface area contributed by atoms with E-state index in [2.05, 4.69) is 15.4 Å². The van der Waals surface area contributed by atoms with Crippen LogP contribution in [0, 0.1) is 0 Å². The fourth-order valence-electron chi connectivity index (χ4n) is 3.41. The Morgan fingerprint density at radius 1 is 0.821 bits per heavy atom. The van der Waals surface area contributed by atoms with Crippen LogP contribution >= 0.6 is 0 Å². The number of carbonyl (C=O) groups excluding carboxylic acids is 1. The van der Waals surface area contributed by atoms with Gasteiger partial charge in [0.2, 0.25) is 0 Å². The molecule has 0 atom stereocenters. The van der Waals surface area contributed by atoms with Crippen molar-refractivity contribution in [3.05, 3.63) is 96.3 Å². The molecule has 2 aromatic heterocycles. The van der Waals surface area contributed by atoms with Crippen molar-refractivity contribution in [3.8, 4) is 22.5 Å². The lowest BCUT2D eigenvalue weighted by Crippen LogP contribution is -2.01. The van der Waals surface area contributed by atoms with E-state index < -0.39 is 0 Å². The van der Waals surface area contributed by atoms with Gasteiger partial charge >= 0.3 is 0 Å². The van der Waals surface area contributed by atoms with Crippen molar-refractivity contribution in [1.29, 1.82) is 0 Å². The smallest absolute Gasteiger partial charge is 0.196 e. The molecule has 0 aliphatic carbocycles. The molecule has 0 aliphatic rings. The Balaban J connectivity index is 1.79. The maximum Gasteiger partial charge on any atom is 0.196 e. The molecule has 0 radical (unpaired) electrons. The number of fused-ring (bicyclic) bond motifs is 1. The second-order valence-corrected chi connectivity index (χ2v) is 6.41. The molecule has 5 heteroatoms. The molecular weight excluding hydrogens is 350 g/mol. The van der Waals surface area contributed by atoms with Crippen LogP contribution in [0.2, 0.25) is 0 Å². The number of aromatic amines is 1. The molecule has 0 saturated heterocycles. The lowest BCUT2D eigenvalue weighted by atomic mass is 9.93. The molecule has 5 nitrogen and oxygen atoms in total. The first kappa shape index (κ1) is 16.2. The summed E-state index contributed by atoms with van der Waals surface area (Å²) in [7, 11) is 0. The lowest BCUT2D eigenvalue weighted by molar-refractivity contribution is 0.103. The van der Waals surface area contributed by atoms with Crippen LogP contribution in [0.4, 0.5) is 0 Å². The van der Waals surface area contributed by atoms with Crippen molar-refractivity contribution in [2.75, 3.05) is 0 Å². The minimum atomic E-state index is -0.0953. The highest BCUT2D eigenvalue weighted by molar-refractivity contribution is 6.15. The van der Waals surface area contributed by atoms with Gasteiger partial charge in [0.1, 0.15) is 23.1 Å². The molecule has 134 valence electrons. The zero-order chi connectivity index (χ0) is 18.9. The van der Waals surface area contributed by atoms with Crippen molar-refractivity contribution in [2.24, 2.45) is 0 Å². The third-order valence-corrected chi connectivity index (χ3v) is 4.72. The zero-order valence-electron chi connectivity index (χ0n) is 14.8. The van der Waals surface area contributed by atoms with Gasteiger partial charge in [-0.15, -0.1) is 0 Å². The Kier molecular flexibility index (Phi) is 3.84. The van der Waals surface area contributed by atoms with Crippen LogP contribution in [0.1, 0.15) is 15.9 Å². The van der Waals surface area contributed by atoms with E-state index in [0.29, 0.717) is 22.4 Å². The highest BCUT2D eigenvalue weighted by Crippen LogP contribution is 2.39. The molecule has 28 heavy (non-hydrogen) atoms. The van der Waals surface area contributed by atoms with E-state index in [-0.39, 0.29) is 5.78 Å². The number of carbonyl (C=O) groups is 1. The number of benzene rings is 3. The van der Waals surface area contributed by atoms with Gasteiger partial charge in [-0.2, -0.15) is 15.4 Å². The Morgan fingerprint density at radius 3 is 2.36 bits per heavy atom. The van der Waals surface area contributed by atoms with Crippen LogP contribution in [0.25, 0.3) is 33.5 Å².